The first-order valence-corrected chi connectivity index (χ1v) is 7.52. The van der Waals surface area contributed by atoms with Crippen LogP contribution >= 0.6 is 31.9 Å². The lowest BCUT2D eigenvalue weighted by atomic mass is 10.2. The number of hydrogen-bond acceptors (Lipinski definition) is 2. The Morgan fingerprint density at radius 1 is 1.14 bits per heavy atom. The molecule has 2 heterocycles. The molecule has 0 saturated carbocycles. The number of pyridine rings is 1. The molecule has 0 amide bonds. The Labute approximate surface area is 135 Å². The van der Waals surface area contributed by atoms with Crippen LogP contribution in [0.2, 0.25) is 0 Å². The minimum atomic E-state index is -0.669. The van der Waals surface area contributed by atoms with Gasteiger partial charge in [-0.2, -0.15) is 0 Å². The Bertz CT molecular complexity index is 828. The van der Waals surface area contributed by atoms with Gasteiger partial charge in [0.1, 0.15) is 22.1 Å². The summed E-state index contributed by atoms with van der Waals surface area (Å²) < 4.78 is 29.7. The molecule has 1 aromatic carbocycles. The third-order valence-electron chi connectivity index (χ3n) is 3.09. The highest BCUT2D eigenvalue weighted by atomic mass is 79.9. The van der Waals surface area contributed by atoms with E-state index in [0.29, 0.717) is 27.1 Å². The van der Waals surface area contributed by atoms with E-state index in [0.717, 1.165) is 10.5 Å². The normalized spacial score (nSPS) is 11.3. The monoisotopic (exact) mass is 416 g/mol. The van der Waals surface area contributed by atoms with E-state index >= 15 is 0 Å². The van der Waals surface area contributed by atoms with E-state index in [1.807, 2.05) is 0 Å². The van der Waals surface area contributed by atoms with Crippen LogP contribution in [-0.4, -0.2) is 14.5 Å². The molecule has 2 aromatic heterocycles. The molecular weight excluding hydrogens is 410 g/mol. The first kappa shape index (κ1) is 14.6. The Balaban J connectivity index is 2.34. The van der Waals surface area contributed by atoms with Crippen molar-refractivity contribution < 1.29 is 13.9 Å². The van der Waals surface area contributed by atoms with Gasteiger partial charge in [-0.05, 0) is 34.1 Å². The highest BCUT2D eigenvalue weighted by Gasteiger charge is 2.17. The fraction of sp³-hybridized carbons (Fsp3) is 0.0714. The molecule has 3 aromatic rings. The minimum Gasteiger partial charge on any atom is -0.392 e. The number of aliphatic hydroxyl groups excluding tert-OH is 1. The Kier molecular flexibility index (Phi) is 3.81. The molecule has 0 bridgehead atoms. The Morgan fingerprint density at radius 3 is 2.43 bits per heavy atom. The SMILES string of the molecule is OCc1c(Br)ccn2c(-c3cc(F)cc(F)c3)nc(Br)c12. The zero-order valence-corrected chi connectivity index (χ0v) is 13.6. The van der Waals surface area contributed by atoms with Gasteiger partial charge in [-0.1, -0.05) is 15.9 Å². The summed E-state index contributed by atoms with van der Waals surface area (Å²) in [4.78, 5) is 4.31. The Morgan fingerprint density at radius 2 is 1.81 bits per heavy atom. The lowest BCUT2D eigenvalue weighted by Crippen LogP contribution is -1.95. The topological polar surface area (TPSA) is 37.5 Å². The number of imidazole rings is 1. The van der Waals surface area contributed by atoms with Crippen molar-refractivity contribution in [2.45, 2.75) is 6.61 Å². The average Bonchev–Trinajstić information content (AvgIpc) is 2.75. The molecule has 108 valence electrons. The van der Waals surface area contributed by atoms with Gasteiger partial charge in [0, 0.05) is 27.9 Å². The van der Waals surface area contributed by atoms with E-state index in [9.17, 15) is 13.9 Å². The van der Waals surface area contributed by atoms with Crippen molar-refractivity contribution in [3.05, 3.63) is 56.7 Å². The molecule has 0 aliphatic carbocycles. The lowest BCUT2D eigenvalue weighted by Gasteiger charge is -2.06. The van der Waals surface area contributed by atoms with Gasteiger partial charge >= 0.3 is 0 Å². The number of halogens is 4. The zero-order chi connectivity index (χ0) is 15.1. The van der Waals surface area contributed by atoms with Crippen molar-refractivity contribution >= 4 is 37.4 Å². The number of aliphatic hydroxyl groups is 1. The third kappa shape index (κ3) is 2.49. The second kappa shape index (κ2) is 5.47. The highest BCUT2D eigenvalue weighted by Crippen LogP contribution is 2.32. The predicted octanol–water partition coefficient (Wildman–Crippen LogP) is 4.30. The molecule has 0 fully saturated rings. The van der Waals surface area contributed by atoms with Crippen LogP contribution in [0, 0.1) is 11.6 Å². The van der Waals surface area contributed by atoms with E-state index in [1.165, 1.54) is 12.1 Å². The maximum absolute atomic E-state index is 13.4. The molecule has 1 N–H and O–H groups in total. The van der Waals surface area contributed by atoms with Crippen LogP contribution < -0.4 is 0 Å². The minimum absolute atomic E-state index is 0.188. The van der Waals surface area contributed by atoms with Crippen molar-refractivity contribution in [3.8, 4) is 11.4 Å². The number of aromatic nitrogens is 2. The standard InChI is InChI=1S/C14H8Br2F2N2O/c15-11-1-2-20-12(10(11)6-21)13(16)19-14(20)7-3-8(17)5-9(18)4-7/h1-5,21H,6H2. The highest BCUT2D eigenvalue weighted by molar-refractivity contribution is 9.11. The molecule has 0 aliphatic heterocycles. The quantitative estimate of drug-likeness (QED) is 0.675. The predicted molar refractivity (Wildman–Crippen MR) is 81.9 cm³/mol. The van der Waals surface area contributed by atoms with Crippen molar-refractivity contribution in [1.82, 2.24) is 9.38 Å². The third-order valence-corrected chi connectivity index (χ3v) is 4.39. The molecular formula is C14H8Br2F2N2O. The molecule has 0 aliphatic rings. The van der Waals surface area contributed by atoms with Crippen LogP contribution in [0.25, 0.3) is 16.9 Å². The van der Waals surface area contributed by atoms with E-state index in [2.05, 4.69) is 36.8 Å². The van der Waals surface area contributed by atoms with Crippen molar-refractivity contribution in [2.24, 2.45) is 0 Å². The van der Waals surface area contributed by atoms with Crippen LogP contribution in [0.3, 0.4) is 0 Å². The summed E-state index contributed by atoms with van der Waals surface area (Å²) in [5.41, 5.74) is 1.60. The fourth-order valence-corrected chi connectivity index (χ4v) is 3.24. The van der Waals surface area contributed by atoms with Gasteiger partial charge in [0.15, 0.2) is 0 Å². The smallest absolute Gasteiger partial charge is 0.146 e. The molecule has 0 saturated heterocycles. The summed E-state index contributed by atoms with van der Waals surface area (Å²) in [6.45, 7) is -0.188. The summed E-state index contributed by atoms with van der Waals surface area (Å²) in [6.07, 6.45) is 1.72. The molecule has 21 heavy (non-hydrogen) atoms. The first-order valence-electron chi connectivity index (χ1n) is 5.93. The molecule has 0 atom stereocenters. The molecule has 0 radical (unpaired) electrons. The molecule has 3 nitrogen and oxygen atoms in total. The maximum atomic E-state index is 13.4. The number of benzene rings is 1. The molecule has 7 heteroatoms. The van der Waals surface area contributed by atoms with Crippen molar-refractivity contribution in [3.63, 3.8) is 0 Å². The average molecular weight is 418 g/mol. The summed E-state index contributed by atoms with van der Waals surface area (Å²) in [5.74, 6) is -0.952. The maximum Gasteiger partial charge on any atom is 0.146 e. The van der Waals surface area contributed by atoms with Gasteiger partial charge in [0.05, 0.1) is 12.1 Å². The van der Waals surface area contributed by atoms with E-state index < -0.39 is 11.6 Å². The number of fused-ring (bicyclic) bond motifs is 1. The molecule has 3 rings (SSSR count). The second-order valence-electron chi connectivity index (χ2n) is 4.40. The number of nitrogens with zero attached hydrogens (tertiary/aromatic N) is 2. The first-order chi connectivity index (χ1) is 10.0. The van der Waals surface area contributed by atoms with Crippen LogP contribution in [0.4, 0.5) is 8.78 Å². The van der Waals surface area contributed by atoms with Gasteiger partial charge in [0.25, 0.3) is 0 Å². The lowest BCUT2D eigenvalue weighted by molar-refractivity contribution is 0.282. The van der Waals surface area contributed by atoms with Crippen LogP contribution in [0.5, 0.6) is 0 Å². The van der Waals surface area contributed by atoms with E-state index in [4.69, 9.17) is 0 Å². The van der Waals surface area contributed by atoms with Crippen LogP contribution in [-0.2, 0) is 6.61 Å². The summed E-state index contributed by atoms with van der Waals surface area (Å²) in [5, 5.41) is 9.50. The molecule has 0 spiro atoms. The summed E-state index contributed by atoms with van der Waals surface area (Å²) >= 11 is 6.69. The van der Waals surface area contributed by atoms with Crippen LogP contribution in [0.15, 0.2) is 39.5 Å². The number of hydrogen-bond donors (Lipinski definition) is 1. The van der Waals surface area contributed by atoms with Gasteiger partial charge in [-0.3, -0.25) is 4.40 Å². The van der Waals surface area contributed by atoms with Gasteiger partial charge in [-0.25, -0.2) is 13.8 Å². The van der Waals surface area contributed by atoms with Crippen molar-refractivity contribution in [1.29, 1.82) is 0 Å². The fourth-order valence-electron chi connectivity index (χ4n) is 2.21. The Hall–Kier alpha value is -1.31. The summed E-state index contributed by atoms with van der Waals surface area (Å²) in [7, 11) is 0. The number of rotatable bonds is 2. The van der Waals surface area contributed by atoms with Gasteiger partial charge in [-0.15, -0.1) is 0 Å². The van der Waals surface area contributed by atoms with Crippen LogP contribution in [0.1, 0.15) is 5.56 Å². The second-order valence-corrected chi connectivity index (χ2v) is 6.01. The molecule has 0 unspecified atom stereocenters. The van der Waals surface area contributed by atoms with Gasteiger partial charge in [0.2, 0.25) is 0 Å². The van der Waals surface area contributed by atoms with Crippen molar-refractivity contribution in [2.75, 3.05) is 0 Å². The zero-order valence-electron chi connectivity index (χ0n) is 10.4. The summed E-state index contributed by atoms with van der Waals surface area (Å²) in [6, 6.07) is 4.98. The van der Waals surface area contributed by atoms with E-state index in [1.54, 1.807) is 16.7 Å². The van der Waals surface area contributed by atoms with E-state index in [-0.39, 0.29) is 6.61 Å². The van der Waals surface area contributed by atoms with Gasteiger partial charge < -0.3 is 5.11 Å². The largest absolute Gasteiger partial charge is 0.392 e.